The van der Waals surface area contributed by atoms with Crippen LogP contribution < -0.4 is 30.2 Å². The van der Waals surface area contributed by atoms with Gasteiger partial charge in [-0.2, -0.15) is 4.39 Å². The molecule has 0 radical (unpaired) electrons. The number of nitrogens with one attached hydrogen (secondary N) is 2. The molecule has 0 bridgehead atoms. The summed E-state index contributed by atoms with van der Waals surface area (Å²) in [6.45, 7) is 11.2. The molecule has 0 aliphatic carbocycles. The first-order chi connectivity index (χ1) is 31.0. The Labute approximate surface area is 367 Å². The van der Waals surface area contributed by atoms with Crippen LogP contribution in [-0.2, 0) is 22.4 Å². The molecule has 2 fully saturated rings. The molecule has 4 unspecified atom stereocenters. The number of hydrogen-bond acceptors (Lipinski definition) is 16. The lowest BCUT2D eigenvalue weighted by atomic mass is 9.99. The number of halogens is 2. The van der Waals surface area contributed by atoms with Gasteiger partial charge in [-0.1, -0.05) is 0 Å². The number of carbonyl (C=O) groups excluding carboxylic acids is 2. The second kappa shape index (κ2) is 17.8. The molecule has 4 aliphatic heterocycles. The zero-order valence-electron chi connectivity index (χ0n) is 35.7. The standard InChI is InChI=1S/2C22H23FN8O/c1-13-16-12-27-21(20-24-5-3-6-25-20)28-17(16)4-8-31(13)19-11-15(10-18(23)29-19)30-9-7-26-22(32)14(30)2;1-13-16-12-27-21(20-24-5-3-6-25-20)28-17(16)4-8-30(13)18-10-15(23)11-19(29-18)31-9-7-26-22(32)14(31)2/h2*3,5-6,10-14H,4,7-9H2,1-2H3,(H,26,32). The van der Waals surface area contributed by atoms with Gasteiger partial charge in [-0.15, -0.1) is 0 Å². The minimum absolute atomic E-state index is 0.0642. The van der Waals surface area contributed by atoms with Gasteiger partial charge in [-0.3, -0.25) is 9.59 Å². The lowest BCUT2D eigenvalue weighted by molar-refractivity contribution is -0.123. The summed E-state index contributed by atoms with van der Waals surface area (Å²) in [6, 6.07) is 8.61. The van der Waals surface area contributed by atoms with E-state index in [2.05, 4.69) is 55.5 Å². The van der Waals surface area contributed by atoms with E-state index in [0.29, 0.717) is 98.5 Å². The van der Waals surface area contributed by atoms with Gasteiger partial charge < -0.3 is 30.2 Å². The van der Waals surface area contributed by atoms with Crippen molar-refractivity contribution in [1.82, 2.24) is 60.5 Å². The van der Waals surface area contributed by atoms with E-state index in [9.17, 15) is 18.4 Å². The zero-order valence-corrected chi connectivity index (χ0v) is 35.7. The van der Waals surface area contributed by atoms with Gasteiger partial charge in [0.2, 0.25) is 17.8 Å². The van der Waals surface area contributed by atoms with Crippen molar-refractivity contribution < 1.29 is 18.4 Å². The predicted octanol–water partition coefficient (Wildman–Crippen LogP) is 3.83. The first kappa shape index (κ1) is 41.9. The number of anilines is 4. The molecule has 18 nitrogen and oxygen atoms in total. The van der Waals surface area contributed by atoms with Crippen molar-refractivity contribution >= 4 is 35.0 Å². The average molecular weight is 869 g/mol. The van der Waals surface area contributed by atoms with Gasteiger partial charge in [0.05, 0.1) is 23.5 Å². The van der Waals surface area contributed by atoms with Crippen LogP contribution in [0, 0.1) is 11.8 Å². The maximum absolute atomic E-state index is 14.6. The number of piperazine rings is 2. The van der Waals surface area contributed by atoms with Crippen molar-refractivity contribution in [3.8, 4) is 23.3 Å². The lowest BCUT2D eigenvalue weighted by Gasteiger charge is -2.37. The molecule has 6 aromatic heterocycles. The highest BCUT2D eigenvalue weighted by molar-refractivity contribution is 5.86. The molecule has 4 aliphatic rings. The number of pyridine rings is 2. The highest BCUT2D eigenvalue weighted by Crippen LogP contribution is 2.36. The van der Waals surface area contributed by atoms with E-state index in [4.69, 9.17) is 4.98 Å². The summed E-state index contributed by atoms with van der Waals surface area (Å²) < 4.78 is 29.1. The van der Waals surface area contributed by atoms with Crippen LogP contribution in [0.15, 0.2) is 73.6 Å². The number of carbonyl (C=O) groups is 2. The Balaban J connectivity index is 0.000000162. The van der Waals surface area contributed by atoms with Gasteiger partial charge in [0, 0.05) is 130 Å². The van der Waals surface area contributed by atoms with E-state index in [-0.39, 0.29) is 35.8 Å². The highest BCUT2D eigenvalue weighted by Gasteiger charge is 2.32. The van der Waals surface area contributed by atoms with Crippen LogP contribution >= 0.6 is 0 Å². The van der Waals surface area contributed by atoms with E-state index in [1.165, 1.54) is 18.2 Å². The van der Waals surface area contributed by atoms with E-state index in [1.54, 1.807) is 56.2 Å². The monoisotopic (exact) mass is 868 g/mol. The molecule has 64 heavy (non-hydrogen) atoms. The number of aromatic nitrogens is 10. The summed E-state index contributed by atoms with van der Waals surface area (Å²) in [4.78, 5) is 76.0. The smallest absolute Gasteiger partial charge is 0.242 e. The fraction of sp³-hybridized carbons (Fsp3) is 0.364. The van der Waals surface area contributed by atoms with E-state index >= 15 is 0 Å². The van der Waals surface area contributed by atoms with Crippen molar-refractivity contribution in [2.45, 2.75) is 64.7 Å². The molecule has 10 heterocycles. The van der Waals surface area contributed by atoms with Crippen LogP contribution in [-0.4, -0.2) is 113 Å². The summed E-state index contributed by atoms with van der Waals surface area (Å²) in [7, 11) is 0. The normalized spacial score (nSPS) is 20.7. The van der Waals surface area contributed by atoms with Gasteiger partial charge in [-0.05, 0) is 39.8 Å². The first-order valence-corrected chi connectivity index (χ1v) is 21.3. The number of hydrogen-bond donors (Lipinski definition) is 2. The highest BCUT2D eigenvalue weighted by atomic mass is 19.1. The molecule has 2 amide bonds. The third-order valence-corrected chi connectivity index (χ3v) is 12.1. The Bertz CT molecular complexity index is 2500. The van der Waals surface area contributed by atoms with Crippen molar-refractivity contribution in [2.75, 3.05) is 58.9 Å². The number of rotatable bonds is 6. The maximum Gasteiger partial charge on any atom is 0.242 e. The molecule has 2 N–H and O–H groups in total. The maximum atomic E-state index is 14.6. The fourth-order valence-corrected chi connectivity index (χ4v) is 8.58. The van der Waals surface area contributed by atoms with E-state index in [1.807, 2.05) is 46.4 Å². The van der Waals surface area contributed by atoms with Crippen LogP contribution in [0.25, 0.3) is 23.3 Å². The van der Waals surface area contributed by atoms with Gasteiger partial charge in [-0.25, -0.2) is 54.2 Å². The van der Waals surface area contributed by atoms with Crippen LogP contribution in [0.4, 0.5) is 31.9 Å². The Hall–Kier alpha value is -7.38. The van der Waals surface area contributed by atoms with Crippen molar-refractivity contribution in [1.29, 1.82) is 0 Å². The molecule has 0 spiro atoms. The van der Waals surface area contributed by atoms with E-state index in [0.717, 1.165) is 22.5 Å². The van der Waals surface area contributed by atoms with Gasteiger partial charge in [0.15, 0.2) is 23.3 Å². The predicted molar refractivity (Wildman–Crippen MR) is 233 cm³/mol. The third-order valence-electron chi connectivity index (χ3n) is 12.1. The Morgan fingerprint density at radius 2 is 0.969 bits per heavy atom. The molecule has 0 aromatic carbocycles. The van der Waals surface area contributed by atoms with Crippen molar-refractivity contribution in [3.05, 3.63) is 108 Å². The number of nitrogens with zero attached hydrogens (tertiary/aromatic N) is 14. The first-order valence-electron chi connectivity index (χ1n) is 21.3. The van der Waals surface area contributed by atoms with Crippen LogP contribution in [0.2, 0.25) is 0 Å². The minimum Gasteiger partial charge on any atom is -0.358 e. The summed E-state index contributed by atoms with van der Waals surface area (Å²) in [5.41, 5.74) is 4.46. The van der Waals surface area contributed by atoms with Gasteiger partial charge in [0.1, 0.15) is 35.4 Å². The van der Waals surface area contributed by atoms with Crippen LogP contribution in [0.3, 0.4) is 0 Å². The SMILES string of the molecule is CC1C(=O)NCCN1c1cc(F)cc(N2CCc3nc(-c4ncccn4)ncc3C2C)n1.CC1C(=O)NCCN1c1cc(F)nc(N2CCc3nc(-c4ncccn4)ncc3C2C)c1. The van der Waals surface area contributed by atoms with Crippen LogP contribution in [0.1, 0.15) is 62.3 Å². The molecule has 6 aromatic rings. The van der Waals surface area contributed by atoms with Crippen molar-refractivity contribution in [2.24, 2.45) is 0 Å². The molecule has 328 valence electrons. The summed E-state index contributed by atoms with van der Waals surface area (Å²) in [5.74, 6) is 2.40. The minimum atomic E-state index is -0.568. The lowest BCUT2D eigenvalue weighted by Crippen LogP contribution is -2.54. The molecular weight excluding hydrogens is 823 g/mol. The number of amides is 2. The molecule has 0 saturated carbocycles. The summed E-state index contributed by atoms with van der Waals surface area (Å²) in [5, 5.41) is 5.66. The van der Waals surface area contributed by atoms with Crippen LogP contribution in [0.5, 0.6) is 0 Å². The topological polar surface area (TPSA) is 200 Å². The average Bonchev–Trinajstić information content (AvgIpc) is 3.31. The summed E-state index contributed by atoms with van der Waals surface area (Å²) >= 11 is 0. The molecule has 10 rings (SSSR count). The van der Waals surface area contributed by atoms with Crippen molar-refractivity contribution in [3.63, 3.8) is 0 Å². The third kappa shape index (κ3) is 8.41. The molecule has 20 heteroatoms. The summed E-state index contributed by atoms with van der Waals surface area (Å²) in [6.07, 6.45) is 11.6. The molecule has 4 atom stereocenters. The molecular formula is C44H46F2N16O2. The van der Waals surface area contributed by atoms with Gasteiger partial charge in [0.25, 0.3) is 0 Å². The second-order valence-electron chi connectivity index (χ2n) is 15.9. The molecule has 2 saturated heterocycles. The fourth-order valence-electron chi connectivity index (χ4n) is 8.58. The van der Waals surface area contributed by atoms with Gasteiger partial charge >= 0.3 is 0 Å². The number of fused-ring (bicyclic) bond motifs is 2. The largest absolute Gasteiger partial charge is 0.358 e. The zero-order chi connectivity index (χ0) is 44.5. The Kier molecular flexibility index (Phi) is 11.6. The Morgan fingerprint density at radius 1 is 0.516 bits per heavy atom. The Morgan fingerprint density at radius 3 is 1.48 bits per heavy atom. The quantitative estimate of drug-likeness (QED) is 0.229. The second-order valence-corrected chi connectivity index (χ2v) is 15.9. The van der Waals surface area contributed by atoms with E-state index < -0.39 is 12.0 Å².